The van der Waals surface area contributed by atoms with Crippen LogP contribution >= 0.6 is 11.3 Å². The Labute approximate surface area is 292 Å². The van der Waals surface area contributed by atoms with E-state index in [0.717, 1.165) is 73.0 Å². The molecule has 0 N–H and O–H groups in total. The SMILES string of the molecule is CCCCCCCCN(CCCCCC)c1nc(-c2ccc(C)cc2)c(N=C2C(C)=C(C#N)C(=O)n3nc(C(CC)CCCC)nc32)s1. The normalized spacial score (nSPS) is 14.4. The van der Waals surface area contributed by atoms with Crippen LogP contribution in [0, 0.1) is 18.3 Å². The number of allylic oxidation sites excluding steroid dienone is 2. The maximum Gasteiger partial charge on any atom is 0.291 e. The lowest BCUT2D eigenvalue weighted by atomic mass is 9.98. The second-order valence-electron chi connectivity index (χ2n) is 13.2. The third-order valence-corrected chi connectivity index (χ3v) is 10.3. The van der Waals surface area contributed by atoms with Crippen molar-refractivity contribution >= 4 is 33.1 Å². The number of nitrogens with zero attached hydrogens (tertiary/aromatic N) is 7. The Morgan fingerprint density at radius 3 is 2.12 bits per heavy atom. The average Bonchev–Trinajstić information content (AvgIpc) is 3.72. The molecule has 1 aromatic carbocycles. The maximum absolute atomic E-state index is 13.4. The van der Waals surface area contributed by atoms with Gasteiger partial charge in [-0.1, -0.05) is 133 Å². The number of hydrogen-bond acceptors (Lipinski definition) is 8. The molecule has 0 saturated carbocycles. The summed E-state index contributed by atoms with van der Waals surface area (Å²) < 4.78 is 1.31. The van der Waals surface area contributed by atoms with Crippen molar-refractivity contribution in [3.8, 4) is 17.3 Å². The van der Waals surface area contributed by atoms with Crippen molar-refractivity contribution in [1.29, 1.82) is 5.26 Å². The van der Waals surface area contributed by atoms with Gasteiger partial charge in [-0.05, 0) is 39.5 Å². The number of hydrogen-bond donors (Lipinski definition) is 0. The number of benzene rings is 1. The number of aryl methyl sites for hydroxylation is 1. The Morgan fingerprint density at radius 2 is 1.50 bits per heavy atom. The first-order valence-electron chi connectivity index (χ1n) is 18.4. The minimum Gasteiger partial charge on any atom is -0.348 e. The second kappa shape index (κ2) is 18.8. The minimum atomic E-state index is -0.436. The fraction of sp³-hybridized carbons (Fsp3) is 0.590. The van der Waals surface area contributed by atoms with Gasteiger partial charge in [-0.25, -0.2) is 15.0 Å². The van der Waals surface area contributed by atoms with E-state index in [1.54, 1.807) is 18.3 Å². The fourth-order valence-corrected chi connectivity index (χ4v) is 7.23. The Bertz CT molecular complexity index is 1590. The van der Waals surface area contributed by atoms with E-state index in [4.69, 9.17) is 15.0 Å². The molecule has 0 aliphatic carbocycles. The predicted molar refractivity (Wildman–Crippen MR) is 200 cm³/mol. The van der Waals surface area contributed by atoms with E-state index in [1.807, 2.05) is 0 Å². The number of aliphatic imine (C=N–C) groups is 1. The van der Waals surface area contributed by atoms with Crippen LogP contribution in [0.3, 0.4) is 0 Å². The van der Waals surface area contributed by atoms with Gasteiger partial charge < -0.3 is 4.90 Å². The van der Waals surface area contributed by atoms with E-state index in [1.165, 1.54) is 61.6 Å². The molecule has 4 rings (SSSR count). The summed E-state index contributed by atoms with van der Waals surface area (Å²) in [5.41, 5.74) is 4.09. The third kappa shape index (κ3) is 9.28. The number of carbonyl (C=O) groups excluding carboxylic acids is 1. The molecule has 0 bridgehead atoms. The van der Waals surface area contributed by atoms with Gasteiger partial charge in [0.15, 0.2) is 16.8 Å². The highest BCUT2D eigenvalue weighted by Crippen LogP contribution is 2.41. The summed E-state index contributed by atoms with van der Waals surface area (Å²) in [6.07, 6.45) is 16.3. The van der Waals surface area contributed by atoms with Crippen molar-refractivity contribution in [2.24, 2.45) is 4.99 Å². The first-order chi connectivity index (χ1) is 23.4. The molecule has 0 amide bonds. The molecule has 0 spiro atoms. The minimum absolute atomic E-state index is 0.0570. The molecule has 9 heteroatoms. The van der Waals surface area contributed by atoms with Crippen LogP contribution in [0.2, 0.25) is 0 Å². The number of fused-ring (bicyclic) bond motifs is 1. The quantitative estimate of drug-likeness (QED) is 0.111. The maximum atomic E-state index is 13.4. The lowest BCUT2D eigenvalue weighted by molar-refractivity contribution is 0.0941. The van der Waals surface area contributed by atoms with Crippen molar-refractivity contribution in [3.63, 3.8) is 0 Å². The Morgan fingerprint density at radius 1 is 0.875 bits per heavy atom. The van der Waals surface area contributed by atoms with Gasteiger partial charge in [0.05, 0.1) is 0 Å². The number of nitriles is 1. The van der Waals surface area contributed by atoms with Crippen molar-refractivity contribution < 1.29 is 4.79 Å². The smallest absolute Gasteiger partial charge is 0.291 e. The molecule has 1 atom stereocenters. The van der Waals surface area contributed by atoms with E-state index in [9.17, 15) is 10.1 Å². The first-order valence-corrected chi connectivity index (χ1v) is 19.2. The first kappa shape index (κ1) is 37.2. The molecular formula is C39H55N7OS. The molecule has 8 nitrogen and oxygen atoms in total. The van der Waals surface area contributed by atoms with Gasteiger partial charge in [-0.3, -0.25) is 4.79 Å². The van der Waals surface area contributed by atoms with Gasteiger partial charge in [-0.2, -0.15) is 9.94 Å². The molecule has 3 aromatic rings. The molecule has 3 heterocycles. The summed E-state index contributed by atoms with van der Waals surface area (Å²) in [5.74, 6) is 0.767. The van der Waals surface area contributed by atoms with Crippen LogP contribution in [-0.4, -0.2) is 44.5 Å². The molecule has 1 aliphatic rings. The number of rotatable bonds is 20. The highest BCUT2D eigenvalue weighted by atomic mass is 32.1. The highest BCUT2D eigenvalue weighted by Gasteiger charge is 2.34. The molecule has 0 fully saturated rings. The van der Waals surface area contributed by atoms with Gasteiger partial charge in [0, 0.05) is 30.1 Å². The van der Waals surface area contributed by atoms with Crippen LogP contribution in [0.5, 0.6) is 0 Å². The van der Waals surface area contributed by atoms with Crippen molar-refractivity contribution in [2.75, 3.05) is 18.0 Å². The second-order valence-corrected chi connectivity index (χ2v) is 14.1. The summed E-state index contributed by atoms with van der Waals surface area (Å²) in [4.78, 5) is 31.3. The average molecular weight is 670 g/mol. The molecule has 1 unspecified atom stereocenters. The van der Waals surface area contributed by atoms with Crippen molar-refractivity contribution in [2.45, 2.75) is 137 Å². The predicted octanol–water partition coefficient (Wildman–Crippen LogP) is 10.8. The van der Waals surface area contributed by atoms with Crippen molar-refractivity contribution in [1.82, 2.24) is 19.7 Å². The standard InChI is InChI=1S/C39H55N7OS/c1-7-11-14-16-17-19-26-45(25-18-15-12-8-2)39-42-34(31-23-21-28(5)22-24-31)37(48-39)41-33-29(6)32(27-40)38(47)46-36(33)43-35(44-46)30(10-4)20-13-9-3/h21-24,30H,7-20,25-26H2,1-6H3. The monoisotopic (exact) mass is 669 g/mol. The van der Waals surface area contributed by atoms with Gasteiger partial charge in [0.1, 0.15) is 28.0 Å². The van der Waals surface area contributed by atoms with Crippen LogP contribution in [0.25, 0.3) is 11.3 Å². The summed E-state index contributed by atoms with van der Waals surface area (Å²) in [7, 11) is 0. The zero-order chi connectivity index (χ0) is 34.5. The Balaban J connectivity index is 1.80. The number of unbranched alkanes of at least 4 members (excludes halogenated alkanes) is 9. The van der Waals surface area contributed by atoms with Gasteiger partial charge in [0.2, 0.25) is 0 Å². The molecule has 48 heavy (non-hydrogen) atoms. The topological polar surface area (TPSA) is 100 Å². The van der Waals surface area contributed by atoms with E-state index in [2.05, 4.69) is 75.0 Å². The molecule has 1 aliphatic heterocycles. The Hall–Kier alpha value is -3.64. The number of aromatic nitrogens is 4. The highest BCUT2D eigenvalue weighted by molar-refractivity contribution is 7.19. The van der Waals surface area contributed by atoms with Crippen LogP contribution in [0.15, 0.2) is 40.4 Å². The zero-order valence-electron chi connectivity index (χ0n) is 30.1. The molecular weight excluding hydrogens is 615 g/mol. The van der Waals surface area contributed by atoms with Crippen LogP contribution in [0.4, 0.5) is 10.1 Å². The van der Waals surface area contributed by atoms with E-state index >= 15 is 0 Å². The largest absolute Gasteiger partial charge is 0.348 e. The molecule has 0 radical (unpaired) electrons. The van der Waals surface area contributed by atoms with E-state index < -0.39 is 5.91 Å². The number of anilines is 1. The molecule has 0 saturated heterocycles. The van der Waals surface area contributed by atoms with Crippen LogP contribution < -0.4 is 4.90 Å². The third-order valence-electron chi connectivity index (χ3n) is 9.32. The number of thiazole rings is 1. The van der Waals surface area contributed by atoms with Crippen LogP contribution in [0.1, 0.15) is 152 Å². The summed E-state index contributed by atoms with van der Waals surface area (Å²) >= 11 is 1.59. The summed E-state index contributed by atoms with van der Waals surface area (Å²) in [6.45, 7) is 14.6. The molecule has 258 valence electrons. The lowest BCUT2D eigenvalue weighted by Crippen LogP contribution is -2.28. The van der Waals surface area contributed by atoms with Gasteiger partial charge in [0.25, 0.3) is 5.91 Å². The fourth-order valence-electron chi connectivity index (χ4n) is 6.21. The van der Waals surface area contributed by atoms with Crippen molar-refractivity contribution in [3.05, 3.63) is 52.6 Å². The van der Waals surface area contributed by atoms with E-state index in [-0.39, 0.29) is 11.5 Å². The van der Waals surface area contributed by atoms with Gasteiger partial charge in [-0.15, -0.1) is 5.10 Å². The summed E-state index contributed by atoms with van der Waals surface area (Å²) in [6, 6.07) is 10.5. The lowest BCUT2D eigenvalue weighted by Gasteiger charge is -2.22. The number of carbonyl (C=O) groups is 1. The molecule has 2 aromatic heterocycles. The van der Waals surface area contributed by atoms with E-state index in [0.29, 0.717) is 22.9 Å². The Kier molecular flexibility index (Phi) is 14.6. The zero-order valence-corrected chi connectivity index (χ0v) is 31.0. The van der Waals surface area contributed by atoms with Gasteiger partial charge >= 0.3 is 0 Å². The van der Waals surface area contributed by atoms with Crippen LogP contribution in [-0.2, 0) is 0 Å². The summed E-state index contributed by atoms with van der Waals surface area (Å²) in [5, 5.41) is 16.5.